The summed E-state index contributed by atoms with van der Waals surface area (Å²) < 4.78 is 0. The van der Waals surface area contributed by atoms with E-state index >= 15 is 0 Å². The van der Waals surface area contributed by atoms with Gasteiger partial charge in [0.2, 0.25) is 0 Å². The number of nitrogens with zero attached hydrogens (tertiary/aromatic N) is 3. The highest BCUT2D eigenvalue weighted by molar-refractivity contribution is 7.16. The highest BCUT2D eigenvalue weighted by atomic mass is 32.1. The summed E-state index contributed by atoms with van der Waals surface area (Å²) in [5.74, 6) is 2.05. The fourth-order valence-corrected chi connectivity index (χ4v) is 2.70. The largest absolute Gasteiger partial charge is 0.359 e. The first-order valence-electron chi connectivity index (χ1n) is 5.74. The molecule has 3 nitrogen and oxygen atoms in total. The lowest BCUT2D eigenvalue weighted by Crippen LogP contribution is -2.20. The van der Waals surface area contributed by atoms with Crippen LogP contribution in [0, 0.1) is 5.92 Å². The first-order valence-corrected chi connectivity index (χ1v) is 6.62. The fraction of sp³-hybridized carbons (Fsp3) is 0.500. The zero-order valence-corrected chi connectivity index (χ0v) is 10.2. The van der Waals surface area contributed by atoms with E-state index in [2.05, 4.69) is 33.4 Å². The van der Waals surface area contributed by atoms with Crippen LogP contribution in [0.2, 0.25) is 0 Å². The van der Waals surface area contributed by atoms with E-state index in [0.29, 0.717) is 0 Å². The summed E-state index contributed by atoms with van der Waals surface area (Å²) in [5.41, 5.74) is 0. The van der Waals surface area contributed by atoms with Gasteiger partial charge in [0.25, 0.3) is 0 Å². The smallest absolute Gasteiger partial charge is 0.140 e. The summed E-state index contributed by atoms with van der Waals surface area (Å²) in [6.45, 7) is 1.10. The molecule has 2 heterocycles. The highest BCUT2D eigenvalue weighted by Crippen LogP contribution is 2.33. The molecule has 1 fully saturated rings. The Balaban J connectivity index is 1.82. The summed E-state index contributed by atoms with van der Waals surface area (Å²) in [6, 6.07) is 2.11. The van der Waals surface area contributed by atoms with Crippen LogP contribution < -0.4 is 4.90 Å². The third-order valence-electron chi connectivity index (χ3n) is 3.17. The quantitative estimate of drug-likeness (QED) is 0.813. The second-order valence-corrected chi connectivity index (χ2v) is 5.38. The molecule has 0 radical (unpaired) electrons. The Morgan fingerprint density at radius 1 is 1.44 bits per heavy atom. The summed E-state index contributed by atoms with van der Waals surface area (Å²) in [7, 11) is 2.13. The second-order valence-electron chi connectivity index (χ2n) is 4.49. The van der Waals surface area contributed by atoms with Gasteiger partial charge in [-0.15, -0.1) is 11.3 Å². The van der Waals surface area contributed by atoms with E-state index in [1.54, 1.807) is 17.7 Å². The number of hydrogen-bond donors (Lipinski definition) is 0. The molecule has 84 valence electrons. The van der Waals surface area contributed by atoms with E-state index in [1.165, 1.54) is 24.6 Å². The van der Waals surface area contributed by atoms with Crippen molar-refractivity contribution >= 4 is 27.4 Å². The molecule has 3 rings (SSSR count). The molecule has 0 aromatic carbocycles. The van der Waals surface area contributed by atoms with Gasteiger partial charge in [-0.2, -0.15) is 0 Å². The Bertz CT molecular complexity index is 490. The van der Waals surface area contributed by atoms with Crippen molar-refractivity contribution in [2.24, 2.45) is 5.92 Å². The van der Waals surface area contributed by atoms with E-state index in [0.717, 1.165) is 23.1 Å². The van der Waals surface area contributed by atoms with E-state index in [4.69, 9.17) is 0 Å². The zero-order valence-electron chi connectivity index (χ0n) is 9.39. The topological polar surface area (TPSA) is 29.0 Å². The number of hydrogen-bond acceptors (Lipinski definition) is 4. The maximum Gasteiger partial charge on any atom is 0.140 e. The van der Waals surface area contributed by atoms with Crippen LogP contribution >= 0.6 is 11.3 Å². The van der Waals surface area contributed by atoms with Crippen LogP contribution in [0.5, 0.6) is 0 Å². The third kappa shape index (κ3) is 1.89. The molecule has 0 atom stereocenters. The predicted molar refractivity (Wildman–Crippen MR) is 68.0 cm³/mol. The maximum absolute atomic E-state index is 4.40. The molecule has 0 aliphatic heterocycles. The molecule has 1 aliphatic carbocycles. The molecule has 0 saturated heterocycles. The van der Waals surface area contributed by atoms with Crippen LogP contribution in [-0.2, 0) is 0 Å². The highest BCUT2D eigenvalue weighted by Gasteiger charge is 2.21. The Morgan fingerprint density at radius 2 is 2.31 bits per heavy atom. The normalized spacial score (nSPS) is 15.6. The Morgan fingerprint density at radius 3 is 3.12 bits per heavy atom. The van der Waals surface area contributed by atoms with Gasteiger partial charge in [0, 0.05) is 13.6 Å². The van der Waals surface area contributed by atoms with Gasteiger partial charge >= 0.3 is 0 Å². The van der Waals surface area contributed by atoms with Crippen molar-refractivity contribution in [1.29, 1.82) is 0 Å². The van der Waals surface area contributed by atoms with Crippen molar-refractivity contribution in [3.63, 3.8) is 0 Å². The molecule has 0 bridgehead atoms. The lowest BCUT2D eigenvalue weighted by atomic mass is 10.2. The first kappa shape index (κ1) is 10.0. The van der Waals surface area contributed by atoms with Crippen molar-refractivity contribution in [3.05, 3.63) is 17.8 Å². The average molecular weight is 233 g/mol. The van der Waals surface area contributed by atoms with Crippen molar-refractivity contribution in [3.8, 4) is 0 Å². The third-order valence-corrected chi connectivity index (χ3v) is 3.99. The molecule has 16 heavy (non-hydrogen) atoms. The van der Waals surface area contributed by atoms with Crippen LogP contribution in [0.25, 0.3) is 10.2 Å². The summed E-state index contributed by atoms with van der Waals surface area (Å²) >= 11 is 1.68. The zero-order chi connectivity index (χ0) is 11.0. The second kappa shape index (κ2) is 4.01. The van der Waals surface area contributed by atoms with Crippen LogP contribution in [0.4, 0.5) is 5.82 Å². The summed E-state index contributed by atoms with van der Waals surface area (Å²) in [6.07, 6.45) is 5.81. The molecular weight excluding hydrogens is 218 g/mol. The first-order chi connectivity index (χ1) is 7.84. The van der Waals surface area contributed by atoms with Gasteiger partial charge in [-0.3, -0.25) is 0 Å². The van der Waals surface area contributed by atoms with Crippen LogP contribution in [0.1, 0.15) is 19.3 Å². The number of fused-ring (bicyclic) bond motifs is 1. The Hall–Kier alpha value is -1.16. The minimum Gasteiger partial charge on any atom is -0.359 e. The van der Waals surface area contributed by atoms with Gasteiger partial charge in [-0.05, 0) is 23.8 Å². The van der Waals surface area contributed by atoms with E-state index < -0.39 is 0 Å². The number of thiophene rings is 1. The van der Waals surface area contributed by atoms with Crippen LogP contribution in [-0.4, -0.2) is 23.6 Å². The number of anilines is 1. The molecule has 0 amide bonds. The van der Waals surface area contributed by atoms with Crippen molar-refractivity contribution in [2.45, 2.75) is 19.3 Å². The van der Waals surface area contributed by atoms with Crippen LogP contribution in [0.15, 0.2) is 17.8 Å². The molecular formula is C12H15N3S. The van der Waals surface area contributed by atoms with Crippen molar-refractivity contribution in [2.75, 3.05) is 18.5 Å². The minimum atomic E-state index is 0.974. The molecule has 0 N–H and O–H groups in total. The number of rotatable bonds is 4. The average Bonchev–Trinajstić information content (AvgIpc) is 3.01. The molecule has 0 spiro atoms. The molecule has 2 aromatic rings. The van der Waals surface area contributed by atoms with Crippen LogP contribution in [0.3, 0.4) is 0 Å². The van der Waals surface area contributed by atoms with Gasteiger partial charge in [0.15, 0.2) is 0 Å². The number of aromatic nitrogens is 2. The SMILES string of the molecule is CN(CCC1CC1)c1ncnc2sccc12. The Kier molecular flexibility index (Phi) is 2.52. The Labute approximate surface area is 99.1 Å². The molecule has 0 unspecified atom stereocenters. The van der Waals surface area contributed by atoms with E-state index in [-0.39, 0.29) is 0 Å². The lowest BCUT2D eigenvalue weighted by Gasteiger charge is -2.18. The van der Waals surface area contributed by atoms with Gasteiger partial charge in [0.1, 0.15) is 17.0 Å². The molecule has 1 saturated carbocycles. The van der Waals surface area contributed by atoms with Crippen molar-refractivity contribution in [1.82, 2.24) is 9.97 Å². The van der Waals surface area contributed by atoms with Gasteiger partial charge in [0.05, 0.1) is 5.39 Å². The van der Waals surface area contributed by atoms with Crippen molar-refractivity contribution < 1.29 is 0 Å². The van der Waals surface area contributed by atoms with Gasteiger partial charge in [-0.25, -0.2) is 9.97 Å². The predicted octanol–water partition coefficient (Wildman–Crippen LogP) is 2.93. The van der Waals surface area contributed by atoms with Gasteiger partial charge < -0.3 is 4.90 Å². The van der Waals surface area contributed by atoms with E-state index in [9.17, 15) is 0 Å². The summed E-state index contributed by atoms with van der Waals surface area (Å²) in [4.78, 5) is 12.0. The minimum absolute atomic E-state index is 0.974. The fourth-order valence-electron chi connectivity index (χ4n) is 1.97. The maximum atomic E-state index is 4.40. The van der Waals surface area contributed by atoms with Gasteiger partial charge in [-0.1, -0.05) is 12.8 Å². The summed E-state index contributed by atoms with van der Waals surface area (Å²) in [5, 5.41) is 3.27. The molecule has 4 heteroatoms. The van der Waals surface area contributed by atoms with E-state index in [1.807, 2.05) is 0 Å². The standard InChI is InChI=1S/C12H15N3S/c1-15(6-4-9-2-3-9)11-10-5-7-16-12(10)14-8-13-11/h5,7-9H,2-4,6H2,1H3. The monoisotopic (exact) mass is 233 g/mol. The molecule has 2 aromatic heterocycles. The molecule has 1 aliphatic rings. The lowest BCUT2D eigenvalue weighted by molar-refractivity contribution is 0.707.